The predicted molar refractivity (Wildman–Crippen MR) is 120 cm³/mol. The first-order valence-electron chi connectivity index (χ1n) is 10.5. The smallest absolute Gasteiger partial charge is 0.325 e. The van der Waals surface area contributed by atoms with Crippen LogP contribution in [0.15, 0.2) is 72.9 Å². The summed E-state index contributed by atoms with van der Waals surface area (Å²) in [5.41, 5.74) is 4.51. The standard InChI is InChI=1S/C25H29N3O3/c1-3-31-24(29)16-26-25(30)28(17-21-11-5-4-6-12-21)19-23-14-9-15-27(23)18-22-13-8-7-10-20(22)2/h4-15H,3,16-19H2,1-2H3,(H,26,30). The second-order valence-electron chi connectivity index (χ2n) is 7.36. The molecule has 2 amide bonds. The summed E-state index contributed by atoms with van der Waals surface area (Å²) in [6.07, 6.45) is 2.03. The Morgan fingerprint density at radius 3 is 2.45 bits per heavy atom. The van der Waals surface area contributed by atoms with Crippen LogP contribution in [0.1, 0.15) is 29.3 Å². The molecule has 0 radical (unpaired) electrons. The molecule has 162 valence electrons. The first-order chi connectivity index (χ1) is 15.1. The SMILES string of the molecule is CCOC(=O)CNC(=O)N(Cc1ccccc1)Cc1cccn1Cc1ccccc1C. The molecule has 31 heavy (non-hydrogen) atoms. The maximum atomic E-state index is 12.9. The zero-order valence-electron chi connectivity index (χ0n) is 18.1. The number of carbonyl (C=O) groups excluding carboxylic acids is 2. The van der Waals surface area contributed by atoms with E-state index in [-0.39, 0.29) is 19.2 Å². The van der Waals surface area contributed by atoms with Gasteiger partial charge >= 0.3 is 12.0 Å². The van der Waals surface area contributed by atoms with Crippen molar-refractivity contribution in [3.05, 3.63) is 95.3 Å². The molecule has 2 aromatic carbocycles. The van der Waals surface area contributed by atoms with E-state index < -0.39 is 5.97 Å². The number of urea groups is 1. The largest absolute Gasteiger partial charge is 0.465 e. The fourth-order valence-electron chi connectivity index (χ4n) is 3.39. The topological polar surface area (TPSA) is 63.6 Å². The van der Waals surface area contributed by atoms with Crippen LogP contribution in [0.2, 0.25) is 0 Å². The molecule has 0 bridgehead atoms. The van der Waals surface area contributed by atoms with Gasteiger partial charge in [0.2, 0.25) is 0 Å². The van der Waals surface area contributed by atoms with Crippen LogP contribution in [0.25, 0.3) is 0 Å². The third-order valence-corrected chi connectivity index (χ3v) is 5.07. The molecule has 0 aliphatic carbocycles. The molecular weight excluding hydrogens is 390 g/mol. The van der Waals surface area contributed by atoms with E-state index in [9.17, 15) is 9.59 Å². The highest BCUT2D eigenvalue weighted by Gasteiger charge is 2.17. The van der Waals surface area contributed by atoms with Gasteiger partial charge < -0.3 is 19.5 Å². The van der Waals surface area contributed by atoms with E-state index >= 15 is 0 Å². The van der Waals surface area contributed by atoms with Gasteiger partial charge in [0, 0.05) is 25.0 Å². The molecule has 0 spiro atoms. The van der Waals surface area contributed by atoms with Crippen LogP contribution in [0, 0.1) is 6.92 Å². The first-order valence-corrected chi connectivity index (χ1v) is 10.5. The first kappa shape index (κ1) is 22.2. The molecule has 0 saturated carbocycles. The average Bonchev–Trinajstić information content (AvgIpc) is 3.21. The summed E-state index contributed by atoms with van der Waals surface area (Å²) < 4.78 is 7.07. The lowest BCUT2D eigenvalue weighted by atomic mass is 10.1. The number of aromatic nitrogens is 1. The lowest BCUT2D eigenvalue weighted by molar-refractivity contribution is -0.141. The van der Waals surface area contributed by atoms with Crippen molar-refractivity contribution in [3.8, 4) is 0 Å². The normalized spacial score (nSPS) is 10.5. The molecule has 6 nitrogen and oxygen atoms in total. The van der Waals surface area contributed by atoms with Crippen LogP contribution in [-0.4, -0.2) is 34.6 Å². The minimum absolute atomic E-state index is 0.151. The molecule has 1 aromatic heterocycles. The predicted octanol–water partition coefficient (Wildman–Crippen LogP) is 4.12. The Morgan fingerprint density at radius 1 is 0.968 bits per heavy atom. The van der Waals surface area contributed by atoms with Crippen molar-refractivity contribution in [2.45, 2.75) is 33.5 Å². The summed E-state index contributed by atoms with van der Waals surface area (Å²) >= 11 is 0. The maximum Gasteiger partial charge on any atom is 0.325 e. The van der Waals surface area contributed by atoms with Gasteiger partial charge in [0.05, 0.1) is 13.2 Å². The van der Waals surface area contributed by atoms with Gasteiger partial charge in [-0.25, -0.2) is 4.79 Å². The van der Waals surface area contributed by atoms with Gasteiger partial charge in [0.15, 0.2) is 0 Å². The molecule has 0 saturated heterocycles. The molecule has 0 aliphatic rings. The van der Waals surface area contributed by atoms with Crippen LogP contribution >= 0.6 is 0 Å². The molecule has 6 heteroatoms. The summed E-state index contributed by atoms with van der Waals surface area (Å²) in [6.45, 7) is 5.57. The Labute approximate surface area is 183 Å². The quantitative estimate of drug-likeness (QED) is 0.531. The van der Waals surface area contributed by atoms with Gasteiger partial charge in [-0.2, -0.15) is 0 Å². The number of nitrogens with one attached hydrogen (secondary N) is 1. The number of hydrogen-bond donors (Lipinski definition) is 1. The molecule has 3 rings (SSSR count). The third-order valence-electron chi connectivity index (χ3n) is 5.07. The van der Waals surface area contributed by atoms with Crippen molar-refractivity contribution in [1.29, 1.82) is 0 Å². The molecule has 0 aliphatic heterocycles. The zero-order valence-corrected chi connectivity index (χ0v) is 18.1. The fraction of sp³-hybridized carbons (Fsp3) is 0.280. The number of amides is 2. The van der Waals surface area contributed by atoms with E-state index in [4.69, 9.17) is 4.74 Å². The second-order valence-corrected chi connectivity index (χ2v) is 7.36. The number of hydrogen-bond acceptors (Lipinski definition) is 3. The van der Waals surface area contributed by atoms with Gasteiger partial charge in [0.25, 0.3) is 0 Å². The second kappa shape index (κ2) is 11.0. The number of esters is 1. The van der Waals surface area contributed by atoms with Crippen molar-refractivity contribution < 1.29 is 14.3 Å². The molecule has 3 aromatic rings. The average molecular weight is 420 g/mol. The Bertz CT molecular complexity index is 998. The van der Waals surface area contributed by atoms with Gasteiger partial charge in [0.1, 0.15) is 6.54 Å². The zero-order chi connectivity index (χ0) is 22.1. The lowest BCUT2D eigenvalue weighted by Gasteiger charge is -2.24. The summed E-state index contributed by atoms with van der Waals surface area (Å²) in [5.74, 6) is -0.446. The summed E-state index contributed by atoms with van der Waals surface area (Å²) in [6, 6.07) is 21.8. The molecule has 1 N–H and O–H groups in total. The van der Waals surface area contributed by atoms with Gasteiger partial charge in [-0.05, 0) is 42.7 Å². The Hall–Kier alpha value is -3.54. The van der Waals surface area contributed by atoms with E-state index in [2.05, 4.69) is 28.9 Å². The summed E-state index contributed by atoms with van der Waals surface area (Å²) in [4.78, 5) is 26.3. The molecule has 0 unspecified atom stereocenters. The summed E-state index contributed by atoms with van der Waals surface area (Å²) in [7, 11) is 0. The Morgan fingerprint density at radius 2 is 1.71 bits per heavy atom. The van der Waals surface area contributed by atoms with Crippen molar-refractivity contribution >= 4 is 12.0 Å². The summed E-state index contributed by atoms with van der Waals surface area (Å²) in [5, 5.41) is 2.68. The van der Waals surface area contributed by atoms with E-state index in [1.807, 2.05) is 60.8 Å². The van der Waals surface area contributed by atoms with Crippen LogP contribution in [0.3, 0.4) is 0 Å². The van der Waals surface area contributed by atoms with Crippen molar-refractivity contribution in [2.75, 3.05) is 13.2 Å². The third kappa shape index (κ3) is 6.47. The Balaban J connectivity index is 1.75. The van der Waals surface area contributed by atoms with Gasteiger partial charge in [-0.3, -0.25) is 4.79 Å². The number of nitrogens with zero attached hydrogens (tertiary/aromatic N) is 2. The number of carbonyl (C=O) groups is 2. The van der Waals surface area contributed by atoms with E-state index in [0.717, 1.165) is 17.8 Å². The van der Waals surface area contributed by atoms with Crippen LogP contribution in [-0.2, 0) is 29.2 Å². The molecule has 0 fully saturated rings. The van der Waals surface area contributed by atoms with E-state index in [1.54, 1.807) is 11.8 Å². The number of ether oxygens (including phenoxy) is 1. The van der Waals surface area contributed by atoms with Crippen LogP contribution in [0.5, 0.6) is 0 Å². The fourth-order valence-corrected chi connectivity index (χ4v) is 3.39. The van der Waals surface area contributed by atoms with Crippen molar-refractivity contribution in [3.63, 3.8) is 0 Å². The highest BCUT2D eigenvalue weighted by molar-refractivity contribution is 5.80. The minimum Gasteiger partial charge on any atom is -0.465 e. The lowest BCUT2D eigenvalue weighted by Crippen LogP contribution is -2.42. The van der Waals surface area contributed by atoms with Crippen molar-refractivity contribution in [2.24, 2.45) is 0 Å². The van der Waals surface area contributed by atoms with Crippen LogP contribution in [0.4, 0.5) is 4.79 Å². The molecule has 1 heterocycles. The number of benzene rings is 2. The number of rotatable bonds is 9. The maximum absolute atomic E-state index is 12.9. The van der Waals surface area contributed by atoms with Gasteiger partial charge in [-0.1, -0.05) is 54.6 Å². The van der Waals surface area contributed by atoms with Gasteiger partial charge in [-0.15, -0.1) is 0 Å². The molecule has 0 atom stereocenters. The Kier molecular flexibility index (Phi) is 7.87. The molecular formula is C25H29N3O3. The van der Waals surface area contributed by atoms with E-state index in [1.165, 1.54) is 11.1 Å². The van der Waals surface area contributed by atoms with Crippen molar-refractivity contribution in [1.82, 2.24) is 14.8 Å². The van der Waals surface area contributed by atoms with Crippen LogP contribution < -0.4 is 5.32 Å². The number of aryl methyl sites for hydroxylation is 1. The highest BCUT2D eigenvalue weighted by atomic mass is 16.5. The monoisotopic (exact) mass is 419 g/mol. The highest BCUT2D eigenvalue weighted by Crippen LogP contribution is 2.15. The minimum atomic E-state index is -0.446. The van der Waals surface area contributed by atoms with E-state index in [0.29, 0.717) is 13.1 Å².